The zero-order chi connectivity index (χ0) is 12.7. The first-order chi connectivity index (χ1) is 8.66. The minimum atomic E-state index is -0.661. The van der Waals surface area contributed by atoms with E-state index in [0.29, 0.717) is 6.42 Å². The molecule has 0 radical (unpaired) electrons. The van der Waals surface area contributed by atoms with Crippen LogP contribution in [0.3, 0.4) is 0 Å². The third-order valence-electron chi connectivity index (χ3n) is 3.36. The first-order valence-corrected chi connectivity index (χ1v) is 5.74. The average molecular weight is 244 g/mol. The van der Waals surface area contributed by atoms with Gasteiger partial charge >= 0.3 is 0 Å². The van der Waals surface area contributed by atoms with Crippen molar-refractivity contribution in [3.63, 3.8) is 0 Å². The van der Waals surface area contributed by atoms with Crippen molar-refractivity contribution in [3.8, 4) is 0 Å². The highest BCUT2D eigenvalue weighted by Gasteiger charge is 2.33. The number of fused-ring (bicyclic) bond motifs is 1. The second-order valence-corrected chi connectivity index (χ2v) is 4.44. The molecule has 18 heavy (non-hydrogen) atoms. The molecular weight excluding hydrogens is 234 g/mol. The second kappa shape index (κ2) is 4.02. The number of halogens is 2. The Morgan fingerprint density at radius 3 is 2.67 bits per heavy atom. The van der Waals surface area contributed by atoms with Crippen molar-refractivity contribution in [1.82, 2.24) is 0 Å². The van der Waals surface area contributed by atoms with E-state index in [4.69, 9.17) is 0 Å². The van der Waals surface area contributed by atoms with Gasteiger partial charge in [-0.25, -0.2) is 8.78 Å². The zero-order valence-electron chi connectivity index (χ0n) is 9.49. The first kappa shape index (κ1) is 11.1. The summed E-state index contributed by atoms with van der Waals surface area (Å²) in [6.07, 6.45) is 0.602. The summed E-state index contributed by atoms with van der Waals surface area (Å²) in [5.41, 5.74) is 1.87. The van der Waals surface area contributed by atoms with E-state index in [9.17, 15) is 13.6 Å². The third kappa shape index (κ3) is 1.63. The average Bonchev–Trinajstić information content (AvgIpc) is 2.33. The highest BCUT2D eigenvalue weighted by Crippen LogP contribution is 2.37. The summed E-state index contributed by atoms with van der Waals surface area (Å²) in [6, 6.07) is 10.5. The van der Waals surface area contributed by atoms with Crippen LogP contribution in [0.25, 0.3) is 0 Å². The zero-order valence-corrected chi connectivity index (χ0v) is 9.49. The quantitative estimate of drug-likeness (QED) is 0.739. The van der Waals surface area contributed by atoms with Gasteiger partial charge in [-0.05, 0) is 35.7 Å². The maximum Gasteiger partial charge on any atom is 0.173 e. The predicted molar refractivity (Wildman–Crippen MR) is 63.6 cm³/mol. The molecule has 1 aliphatic carbocycles. The first-order valence-electron chi connectivity index (χ1n) is 5.74. The number of benzene rings is 2. The van der Waals surface area contributed by atoms with Crippen molar-refractivity contribution in [2.24, 2.45) is 0 Å². The lowest BCUT2D eigenvalue weighted by atomic mass is 9.74. The topological polar surface area (TPSA) is 17.1 Å². The van der Waals surface area contributed by atoms with Crippen molar-refractivity contribution in [1.29, 1.82) is 0 Å². The van der Waals surface area contributed by atoms with Gasteiger partial charge in [-0.1, -0.05) is 24.3 Å². The van der Waals surface area contributed by atoms with E-state index < -0.39 is 11.6 Å². The lowest BCUT2D eigenvalue weighted by molar-refractivity contribution is 0.0944. The molecule has 0 saturated heterocycles. The van der Waals surface area contributed by atoms with Gasteiger partial charge in [-0.3, -0.25) is 4.79 Å². The summed E-state index contributed by atoms with van der Waals surface area (Å²) in [4.78, 5) is 12.2. The third-order valence-corrected chi connectivity index (χ3v) is 3.36. The molecule has 0 amide bonds. The summed E-state index contributed by atoms with van der Waals surface area (Å²) in [7, 11) is 0. The fraction of sp³-hybridized carbons (Fsp3) is 0.133. The molecule has 0 fully saturated rings. The predicted octanol–water partition coefficient (Wildman–Crippen LogP) is 3.49. The molecule has 0 spiro atoms. The van der Waals surface area contributed by atoms with Crippen LogP contribution in [0.1, 0.15) is 27.4 Å². The highest BCUT2D eigenvalue weighted by molar-refractivity contribution is 6.02. The molecule has 0 N–H and O–H groups in total. The number of carbonyl (C=O) groups excluding carboxylic acids is 1. The van der Waals surface area contributed by atoms with Crippen LogP contribution in [0, 0.1) is 11.6 Å². The van der Waals surface area contributed by atoms with Crippen molar-refractivity contribution in [2.45, 2.75) is 12.3 Å². The van der Waals surface area contributed by atoms with E-state index in [0.717, 1.165) is 29.3 Å². The standard InChI is InChI=1S/C15H10F2O/c16-10-5-6-14(17)13(8-10)15(18)12-7-9-3-1-2-4-11(9)12/h1-6,8,12H,7H2. The van der Waals surface area contributed by atoms with Gasteiger partial charge in [0.15, 0.2) is 5.78 Å². The van der Waals surface area contributed by atoms with Crippen LogP contribution in [0.15, 0.2) is 42.5 Å². The summed E-state index contributed by atoms with van der Waals surface area (Å²) in [6.45, 7) is 0. The largest absolute Gasteiger partial charge is 0.293 e. The molecule has 2 aromatic carbocycles. The summed E-state index contributed by atoms with van der Waals surface area (Å²) >= 11 is 0. The van der Waals surface area contributed by atoms with Gasteiger partial charge in [0.25, 0.3) is 0 Å². The van der Waals surface area contributed by atoms with Crippen LogP contribution in [-0.2, 0) is 6.42 Å². The molecule has 0 aliphatic heterocycles. The Morgan fingerprint density at radius 2 is 1.89 bits per heavy atom. The highest BCUT2D eigenvalue weighted by atomic mass is 19.1. The lowest BCUT2D eigenvalue weighted by Crippen LogP contribution is -2.26. The second-order valence-electron chi connectivity index (χ2n) is 4.44. The van der Waals surface area contributed by atoms with Crippen LogP contribution >= 0.6 is 0 Å². The van der Waals surface area contributed by atoms with E-state index in [1.54, 1.807) is 0 Å². The monoisotopic (exact) mass is 244 g/mol. The normalized spacial score (nSPS) is 16.9. The molecule has 3 heteroatoms. The van der Waals surface area contributed by atoms with E-state index in [1.165, 1.54) is 0 Å². The number of ketones is 1. The molecule has 0 saturated carbocycles. The Balaban J connectivity index is 1.96. The molecule has 1 unspecified atom stereocenters. The smallest absolute Gasteiger partial charge is 0.173 e. The molecule has 0 bridgehead atoms. The van der Waals surface area contributed by atoms with Crippen LogP contribution < -0.4 is 0 Å². The minimum Gasteiger partial charge on any atom is -0.293 e. The number of hydrogen-bond donors (Lipinski definition) is 0. The van der Waals surface area contributed by atoms with Crippen LogP contribution in [-0.4, -0.2) is 5.78 Å². The van der Waals surface area contributed by atoms with Crippen LogP contribution in [0.2, 0.25) is 0 Å². The Bertz CT molecular complexity index is 634. The molecule has 90 valence electrons. The SMILES string of the molecule is O=C(c1cc(F)ccc1F)C1Cc2ccccc21. The summed E-state index contributed by atoms with van der Waals surface area (Å²) in [5.74, 6) is -1.93. The molecule has 1 aliphatic rings. The molecule has 2 aromatic rings. The van der Waals surface area contributed by atoms with Crippen LogP contribution in [0.4, 0.5) is 8.78 Å². The molecule has 3 rings (SSSR count). The van der Waals surface area contributed by atoms with Crippen molar-refractivity contribution >= 4 is 5.78 Å². The van der Waals surface area contributed by atoms with Crippen LogP contribution in [0.5, 0.6) is 0 Å². The maximum absolute atomic E-state index is 13.5. The van der Waals surface area contributed by atoms with Gasteiger partial charge < -0.3 is 0 Å². The molecule has 1 nitrogen and oxygen atoms in total. The Hall–Kier alpha value is -2.03. The van der Waals surface area contributed by atoms with Gasteiger partial charge in [-0.15, -0.1) is 0 Å². The minimum absolute atomic E-state index is 0.158. The fourth-order valence-electron chi connectivity index (χ4n) is 2.37. The van der Waals surface area contributed by atoms with E-state index in [2.05, 4.69) is 0 Å². The summed E-state index contributed by atoms with van der Waals surface area (Å²) in [5, 5.41) is 0. The lowest BCUT2D eigenvalue weighted by Gasteiger charge is -2.28. The van der Waals surface area contributed by atoms with Gasteiger partial charge in [0.2, 0.25) is 0 Å². The number of hydrogen-bond acceptors (Lipinski definition) is 1. The Morgan fingerprint density at radius 1 is 1.11 bits per heavy atom. The summed E-state index contributed by atoms with van der Waals surface area (Å²) < 4.78 is 26.6. The van der Waals surface area contributed by atoms with E-state index in [-0.39, 0.29) is 17.3 Å². The van der Waals surface area contributed by atoms with Crippen molar-refractivity contribution in [3.05, 3.63) is 70.8 Å². The van der Waals surface area contributed by atoms with Gasteiger partial charge in [0, 0.05) is 0 Å². The molecular formula is C15H10F2O. The number of carbonyl (C=O) groups is 1. The van der Waals surface area contributed by atoms with Gasteiger partial charge in [0.05, 0.1) is 11.5 Å². The fourth-order valence-corrected chi connectivity index (χ4v) is 2.37. The van der Waals surface area contributed by atoms with Crippen molar-refractivity contribution < 1.29 is 13.6 Å². The van der Waals surface area contributed by atoms with Gasteiger partial charge in [-0.2, -0.15) is 0 Å². The molecule has 1 atom stereocenters. The number of rotatable bonds is 2. The van der Waals surface area contributed by atoms with Gasteiger partial charge in [0.1, 0.15) is 11.6 Å². The number of Topliss-reactive ketones (excluding diaryl/α,β-unsaturated/α-hetero) is 1. The molecule has 0 aromatic heterocycles. The van der Waals surface area contributed by atoms with E-state index in [1.807, 2.05) is 24.3 Å². The Kier molecular flexibility index (Phi) is 2.47. The van der Waals surface area contributed by atoms with Crippen molar-refractivity contribution in [2.75, 3.05) is 0 Å². The Labute approximate surface area is 103 Å². The molecule has 0 heterocycles. The maximum atomic E-state index is 13.5. The van der Waals surface area contributed by atoms with E-state index >= 15 is 0 Å².